The van der Waals surface area contributed by atoms with Crippen LogP contribution in [0.4, 0.5) is 22.0 Å². The summed E-state index contributed by atoms with van der Waals surface area (Å²) in [6, 6.07) is 9.23. The van der Waals surface area contributed by atoms with Crippen molar-refractivity contribution in [2.45, 2.75) is 12.8 Å². The molecular formula is C16H11F5O3. The van der Waals surface area contributed by atoms with Crippen LogP contribution in [-0.2, 0) is 0 Å². The standard InChI is InChI=1S/C16H11F5O3/c17-15(18)9-23-14-7-11(4-5-12(14)8-22)10-2-1-3-13(6-10)24-16(19,20)21/h1-8,15H,9H2. The van der Waals surface area contributed by atoms with Gasteiger partial charge >= 0.3 is 6.36 Å². The van der Waals surface area contributed by atoms with E-state index in [4.69, 9.17) is 4.74 Å². The zero-order valence-corrected chi connectivity index (χ0v) is 12.0. The number of hydrogen-bond donors (Lipinski definition) is 0. The Kier molecular flexibility index (Phi) is 5.38. The lowest BCUT2D eigenvalue weighted by Gasteiger charge is -2.12. The first-order valence-electron chi connectivity index (χ1n) is 6.65. The lowest BCUT2D eigenvalue weighted by atomic mass is 10.0. The third-order valence-electron chi connectivity index (χ3n) is 2.91. The highest BCUT2D eigenvalue weighted by Gasteiger charge is 2.31. The summed E-state index contributed by atoms with van der Waals surface area (Å²) in [6.07, 6.45) is -7.11. The minimum absolute atomic E-state index is 0.0575. The van der Waals surface area contributed by atoms with Gasteiger partial charge in [0.15, 0.2) is 6.29 Å². The van der Waals surface area contributed by atoms with Gasteiger partial charge < -0.3 is 9.47 Å². The fourth-order valence-electron chi connectivity index (χ4n) is 1.96. The second kappa shape index (κ2) is 7.29. The van der Waals surface area contributed by atoms with Crippen LogP contribution in [0.2, 0.25) is 0 Å². The van der Waals surface area contributed by atoms with Crippen LogP contribution < -0.4 is 9.47 Å². The van der Waals surface area contributed by atoms with Crippen LogP contribution in [0.15, 0.2) is 42.5 Å². The number of carbonyl (C=O) groups excluding carboxylic acids is 1. The molecule has 0 radical (unpaired) electrons. The molecule has 128 valence electrons. The summed E-state index contributed by atoms with van der Waals surface area (Å²) >= 11 is 0. The molecule has 8 heteroatoms. The van der Waals surface area contributed by atoms with E-state index in [1.54, 1.807) is 0 Å². The number of alkyl halides is 5. The van der Waals surface area contributed by atoms with Gasteiger partial charge in [-0.15, -0.1) is 13.2 Å². The number of benzene rings is 2. The van der Waals surface area contributed by atoms with Crippen molar-refractivity contribution in [2.24, 2.45) is 0 Å². The third kappa shape index (κ3) is 4.94. The van der Waals surface area contributed by atoms with Crippen molar-refractivity contribution in [3.63, 3.8) is 0 Å². The summed E-state index contributed by atoms with van der Waals surface area (Å²) in [7, 11) is 0. The molecule has 3 nitrogen and oxygen atoms in total. The highest BCUT2D eigenvalue weighted by atomic mass is 19.4. The van der Waals surface area contributed by atoms with E-state index in [0.29, 0.717) is 17.4 Å². The van der Waals surface area contributed by atoms with Crippen molar-refractivity contribution >= 4 is 6.29 Å². The Morgan fingerprint density at radius 2 is 1.75 bits per heavy atom. The highest BCUT2D eigenvalue weighted by Crippen LogP contribution is 2.31. The van der Waals surface area contributed by atoms with E-state index in [1.165, 1.54) is 30.3 Å². The van der Waals surface area contributed by atoms with Crippen LogP contribution in [-0.4, -0.2) is 25.7 Å². The van der Waals surface area contributed by atoms with E-state index < -0.39 is 25.1 Å². The summed E-state index contributed by atoms with van der Waals surface area (Å²) < 4.78 is 70.0. The van der Waals surface area contributed by atoms with Gasteiger partial charge in [0.25, 0.3) is 6.43 Å². The monoisotopic (exact) mass is 346 g/mol. The van der Waals surface area contributed by atoms with Crippen LogP contribution in [0.25, 0.3) is 11.1 Å². The quantitative estimate of drug-likeness (QED) is 0.561. The number of ether oxygens (including phenoxy) is 2. The van der Waals surface area contributed by atoms with Gasteiger partial charge in [-0.05, 0) is 35.4 Å². The Morgan fingerprint density at radius 3 is 2.38 bits per heavy atom. The summed E-state index contributed by atoms with van der Waals surface area (Å²) in [5, 5.41) is 0. The Bertz CT molecular complexity index is 713. The lowest BCUT2D eigenvalue weighted by molar-refractivity contribution is -0.274. The van der Waals surface area contributed by atoms with Gasteiger partial charge in [-0.25, -0.2) is 8.78 Å². The molecule has 0 fully saturated rings. The van der Waals surface area contributed by atoms with Crippen molar-refractivity contribution in [3.05, 3.63) is 48.0 Å². The third-order valence-corrected chi connectivity index (χ3v) is 2.91. The smallest absolute Gasteiger partial charge is 0.487 e. The molecule has 0 heterocycles. The average Bonchev–Trinajstić information content (AvgIpc) is 2.51. The van der Waals surface area contributed by atoms with Gasteiger partial charge in [-0.3, -0.25) is 4.79 Å². The van der Waals surface area contributed by atoms with Crippen LogP contribution in [0.5, 0.6) is 11.5 Å². The average molecular weight is 346 g/mol. The largest absolute Gasteiger partial charge is 0.573 e. The molecule has 0 aliphatic heterocycles. The Hall–Kier alpha value is -2.64. The Morgan fingerprint density at radius 1 is 1.04 bits per heavy atom. The molecule has 0 saturated heterocycles. The topological polar surface area (TPSA) is 35.5 Å². The number of hydrogen-bond acceptors (Lipinski definition) is 3. The molecule has 2 aromatic rings. The number of halogens is 5. The predicted molar refractivity (Wildman–Crippen MR) is 75.4 cm³/mol. The molecular weight excluding hydrogens is 335 g/mol. The maximum atomic E-state index is 12.3. The molecule has 0 N–H and O–H groups in total. The molecule has 0 bridgehead atoms. The summed E-state index contributed by atoms with van der Waals surface area (Å²) in [5.74, 6) is -0.501. The van der Waals surface area contributed by atoms with Gasteiger partial charge in [0.1, 0.15) is 18.1 Å². The molecule has 0 atom stereocenters. The molecule has 24 heavy (non-hydrogen) atoms. The Balaban J connectivity index is 2.33. The molecule has 0 amide bonds. The minimum atomic E-state index is -4.83. The molecule has 0 aromatic heterocycles. The highest BCUT2D eigenvalue weighted by molar-refractivity contribution is 5.82. The fourth-order valence-corrected chi connectivity index (χ4v) is 1.96. The van der Waals surface area contributed by atoms with Crippen molar-refractivity contribution in [1.82, 2.24) is 0 Å². The molecule has 2 rings (SSSR count). The normalized spacial score (nSPS) is 11.4. The molecule has 0 aliphatic carbocycles. The first kappa shape index (κ1) is 17.7. The molecule has 0 unspecified atom stereocenters. The fraction of sp³-hybridized carbons (Fsp3) is 0.188. The maximum absolute atomic E-state index is 12.3. The number of rotatable bonds is 6. The molecule has 2 aromatic carbocycles. The van der Waals surface area contributed by atoms with Gasteiger partial charge in [0.05, 0.1) is 5.56 Å². The van der Waals surface area contributed by atoms with Crippen LogP contribution in [0.1, 0.15) is 10.4 Å². The number of aldehydes is 1. The molecule has 0 aliphatic rings. The minimum Gasteiger partial charge on any atom is -0.487 e. The van der Waals surface area contributed by atoms with Crippen LogP contribution in [0.3, 0.4) is 0 Å². The summed E-state index contributed by atoms with van der Waals surface area (Å²) in [6.45, 7) is -0.901. The second-order valence-corrected chi connectivity index (χ2v) is 4.65. The van der Waals surface area contributed by atoms with Gasteiger partial charge in [-0.2, -0.15) is 0 Å². The SMILES string of the molecule is O=Cc1ccc(-c2cccc(OC(F)(F)F)c2)cc1OCC(F)F. The van der Waals surface area contributed by atoms with Crippen molar-refractivity contribution in [1.29, 1.82) is 0 Å². The van der Waals surface area contributed by atoms with Crippen molar-refractivity contribution < 1.29 is 36.2 Å². The van der Waals surface area contributed by atoms with Crippen LogP contribution >= 0.6 is 0 Å². The predicted octanol–water partition coefficient (Wildman–Crippen LogP) is 4.71. The first-order valence-corrected chi connectivity index (χ1v) is 6.65. The summed E-state index contributed by atoms with van der Waals surface area (Å²) in [5.41, 5.74) is 0.788. The van der Waals surface area contributed by atoms with Crippen molar-refractivity contribution in [2.75, 3.05) is 6.61 Å². The van der Waals surface area contributed by atoms with Crippen LogP contribution in [0, 0.1) is 0 Å². The number of carbonyl (C=O) groups is 1. The van der Waals surface area contributed by atoms with Gasteiger partial charge in [0, 0.05) is 0 Å². The Labute approximate surface area is 133 Å². The molecule has 0 spiro atoms. The second-order valence-electron chi connectivity index (χ2n) is 4.65. The van der Waals surface area contributed by atoms with Gasteiger partial charge in [0.2, 0.25) is 0 Å². The maximum Gasteiger partial charge on any atom is 0.573 e. The van der Waals surface area contributed by atoms with E-state index in [1.807, 2.05) is 0 Å². The van der Waals surface area contributed by atoms with E-state index in [-0.39, 0.29) is 11.3 Å². The van der Waals surface area contributed by atoms with E-state index in [2.05, 4.69) is 4.74 Å². The summed E-state index contributed by atoms with van der Waals surface area (Å²) in [4.78, 5) is 10.9. The zero-order chi connectivity index (χ0) is 17.7. The molecule has 0 saturated carbocycles. The van der Waals surface area contributed by atoms with E-state index in [9.17, 15) is 26.7 Å². The first-order chi connectivity index (χ1) is 11.3. The van der Waals surface area contributed by atoms with E-state index in [0.717, 1.165) is 12.1 Å². The lowest BCUT2D eigenvalue weighted by Crippen LogP contribution is -2.17. The zero-order valence-electron chi connectivity index (χ0n) is 12.0. The van der Waals surface area contributed by atoms with Gasteiger partial charge in [-0.1, -0.05) is 18.2 Å². The van der Waals surface area contributed by atoms with E-state index >= 15 is 0 Å². The van der Waals surface area contributed by atoms with Crippen molar-refractivity contribution in [3.8, 4) is 22.6 Å².